The number of ether oxygens (including phenoxy) is 1. The quantitative estimate of drug-likeness (QED) is 0.403. The van der Waals surface area contributed by atoms with Crippen molar-refractivity contribution in [2.45, 2.75) is 6.42 Å². The number of carbonyl (C=O) groups is 2. The summed E-state index contributed by atoms with van der Waals surface area (Å²) in [5.74, 6) is -2.36. The van der Waals surface area contributed by atoms with Crippen molar-refractivity contribution in [1.82, 2.24) is 4.98 Å². The van der Waals surface area contributed by atoms with Crippen LogP contribution < -0.4 is 15.0 Å². The first kappa shape index (κ1) is 21.0. The predicted molar refractivity (Wildman–Crippen MR) is 122 cm³/mol. The Morgan fingerprint density at radius 2 is 1.91 bits per heavy atom. The Morgan fingerprint density at radius 3 is 2.70 bits per heavy atom. The summed E-state index contributed by atoms with van der Waals surface area (Å²) in [6, 6.07) is 13.1. The van der Waals surface area contributed by atoms with Crippen molar-refractivity contribution in [2.75, 3.05) is 16.8 Å². The van der Waals surface area contributed by atoms with Crippen LogP contribution in [-0.2, 0) is 9.59 Å². The van der Waals surface area contributed by atoms with Gasteiger partial charge in [-0.25, -0.2) is 8.78 Å². The molecule has 3 heterocycles. The molecular formula is C24H17F2N3O3S. The summed E-state index contributed by atoms with van der Waals surface area (Å²) in [6.45, 7) is 0.340. The van der Waals surface area contributed by atoms with Gasteiger partial charge in [-0.05, 0) is 54.3 Å². The van der Waals surface area contributed by atoms with Gasteiger partial charge in [0.1, 0.15) is 17.5 Å². The molecule has 6 nitrogen and oxygen atoms in total. The van der Waals surface area contributed by atoms with Crippen LogP contribution in [0.15, 0.2) is 66.2 Å². The lowest BCUT2D eigenvalue weighted by Gasteiger charge is -2.17. The van der Waals surface area contributed by atoms with E-state index in [0.717, 1.165) is 16.3 Å². The van der Waals surface area contributed by atoms with Crippen LogP contribution in [0.1, 0.15) is 6.42 Å². The van der Waals surface area contributed by atoms with Crippen molar-refractivity contribution in [3.05, 3.63) is 77.8 Å². The highest BCUT2D eigenvalue weighted by molar-refractivity contribution is 7.17. The Morgan fingerprint density at radius 1 is 1.09 bits per heavy atom. The maximum atomic E-state index is 14.7. The number of carbonyl (C=O) groups excluding carboxylic acids is 2. The van der Waals surface area contributed by atoms with E-state index >= 15 is 0 Å². The molecule has 2 amide bonds. The largest absolute Gasteiger partial charge is 0.453 e. The molecule has 2 aromatic carbocycles. The fraction of sp³-hybridized carbons (Fsp3) is 0.125. The van der Waals surface area contributed by atoms with Gasteiger partial charge in [0.05, 0.1) is 10.2 Å². The second-order valence-corrected chi connectivity index (χ2v) is 8.40. The molecule has 1 unspecified atom stereocenters. The topological polar surface area (TPSA) is 71.5 Å². The maximum absolute atomic E-state index is 14.7. The van der Waals surface area contributed by atoms with Crippen LogP contribution in [0.2, 0.25) is 0 Å². The van der Waals surface area contributed by atoms with E-state index in [2.05, 4.69) is 10.3 Å². The summed E-state index contributed by atoms with van der Waals surface area (Å²) < 4.78 is 34.4. The molecule has 0 radical (unpaired) electrons. The highest BCUT2D eigenvalue weighted by atomic mass is 32.1. The molecule has 1 saturated heterocycles. The number of hydrogen-bond acceptors (Lipinski definition) is 5. The Kier molecular flexibility index (Phi) is 5.47. The number of pyridine rings is 1. The normalized spacial score (nSPS) is 15.8. The minimum atomic E-state index is -0.905. The van der Waals surface area contributed by atoms with Crippen molar-refractivity contribution in [3.63, 3.8) is 0 Å². The van der Waals surface area contributed by atoms with E-state index in [9.17, 15) is 18.4 Å². The predicted octanol–water partition coefficient (Wildman–Crippen LogP) is 5.36. The summed E-state index contributed by atoms with van der Waals surface area (Å²) in [7, 11) is 0. The van der Waals surface area contributed by atoms with Crippen molar-refractivity contribution in [3.8, 4) is 11.5 Å². The SMILES string of the molecule is O=C(Nc1ccc(Oc2ccnc3ccsc23)c(F)c1)C1CCN(c2ccc(F)cc2)C1=O. The van der Waals surface area contributed by atoms with Gasteiger partial charge < -0.3 is 15.0 Å². The number of nitrogens with zero attached hydrogens (tertiary/aromatic N) is 2. The molecule has 1 aliphatic heterocycles. The van der Waals surface area contributed by atoms with E-state index < -0.39 is 23.5 Å². The summed E-state index contributed by atoms with van der Waals surface area (Å²) in [4.78, 5) is 31.1. The molecule has 1 N–H and O–H groups in total. The molecule has 0 spiro atoms. The number of anilines is 2. The van der Waals surface area contributed by atoms with Crippen molar-refractivity contribution in [1.29, 1.82) is 0 Å². The third kappa shape index (κ3) is 4.14. The molecule has 0 aliphatic carbocycles. The van der Waals surface area contributed by atoms with Gasteiger partial charge in [0.15, 0.2) is 11.6 Å². The van der Waals surface area contributed by atoms with Crippen LogP contribution in [-0.4, -0.2) is 23.3 Å². The Hall–Kier alpha value is -3.85. The first-order chi connectivity index (χ1) is 16.0. The lowest BCUT2D eigenvalue weighted by Crippen LogP contribution is -2.33. The van der Waals surface area contributed by atoms with Gasteiger partial charge in [-0.3, -0.25) is 14.6 Å². The van der Waals surface area contributed by atoms with E-state index in [0.29, 0.717) is 24.4 Å². The molecule has 1 fully saturated rings. The first-order valence-corrected chi connectivity index (χ1v) is 11.0. The fourth-order valence-electron chi connectivity index (χ4n) is 3.74. The monoisotopic (exact) mass is 465 g/mol. The van der Waals surface area contributed by atoms with Crippen LogP contribution in [0.5, 0.6) is 11.5 Å². The fourth-order valence-corrected chi connectivity index (χ4v) is 4.54. The van der Waals surface area contributed by atoms with Gasteiger partial charge in [0, 0.05) is 36.2 Å². The molecule has 4 aromatic rings. The van der Waals surface area contributed by atoms with Crippen LogP contribution in [0, 0.1) is 17.6 Å². The first-order valence-electron chi connectivity index (χ1n) is 10.2. The van der Waals surface area contributed by atoms with Gasteiger partial charge in [-0.15, -0.1) is 11.3 Å². The second-order valence-electron chi connectivity index (χ2n) is 7.49. The highest BCUT2D eigenvalue weighted by Gasteiger charge is 2.37. The number of nitrogens with one attached hydrogen (secondary N) is 1. The molecule has 5 rings (SSSR count). The van der Waals surface area contributed by atoms with Crippen LogP contribution in [0.4, 0.5) is 20.2 Å². The summed E-state index contributed by atoms with van der Waals surface area (Å²) in [5.41, 5.74) is 1.51. The molecule has 33 heavy (non-hydrogen) atoms. The number of aromatic nitrogens is 1. The zero-order valence-electron chi connectivity index (χ0n) is 17.1. The molecule has 1 aliphatic rings. The molecule has 2 aromatic heterocycles. The van der Waals surface area contributed by atoms with Crippen LogP contribution >= 0.6 is 11.3 Å². The van der Waals surface area contributed by atoms with Crippen molar-refractivity contribution in [2.24, 2.45) is 5.92 Å². The third-order valence-corrected chi connectivity index (χ3v) is 6.31. The highest BCUT2D eigenvalue weighted by Crippen LogP contribution is 2.34. The second kappa shape index (κ2) is 8.59. The van der Waals surface area contributed by atoms with Gasteiger partial charge in [0.25, 0.3) is 0 Å². The molecule has 0 bridgehead atoms. The number of halogens is 2. The average molecular weight is 465 g/mol. The van der Waals surface area contributed by atoms with Crippen molar-refractivity contribution >= 4 is 44.7 Å². The number of benzene rings is 2. The molecular weight excluding hydrogens is 448 g/mol. The average Bonchev–Trinajstić information content (AvgIpc) is 3.43. The zero-order chi connectivity index (χ0) is 22.9. The Balaban J connectivity index is 1.27. The number of fused-ring (bicyclic) bond motifs is 1. The summed E-state index contributed by atoms with van der Waals surface area (Å²) >= 11 is 1.44. The zero-order valence-corrected chi connectivity index (χ0v) is 17.9. The Bertz CT molecular complexity index is 1360. The lowest BCUT2D eigenvalue weighted by molar-refractivity contribution is -0.129. The number of hydrogen-bond donors (Lipinski definition) is 1. The number of amides is 2. The van der Waals surface area contributed by atoms with Gasteiger partial charge in [0.2, 0.25) is 11.8 Å². The Labute approximate surface area is 191 Å². The standard InChI is InChI=1S/C24H17F2N3O3S/c25-14-1-4-16(5-2-14)29-11-8-17(24(29)31)23(30)28-15-3-6-20(18(26)13-15)32-21-7-10-27-19-9-12-33-22(19)21/h1-7,9-10,12-13,17H,8,11H2,(H,28,30). The van der Waals surface area contributed by atoms with E-state index in [1.54, 1.807) is 12.3 Å². The van der Waals surface area contributed by atoms with Crippen molar-refractivity contribution < 1.29 is 23.1 Å². The number of thiophene rings is 1. The minimum absolute atomic E-state index is 0.00771. The number of rotatable bonds is 5. The van der Waals surface area contributed by atoms with E-state index in [1.165, 1.54) is 52.6 Å². The summed E-state index contributed by atoms with van der Waals surface area (Å²) in [5, 5.41) is 4.48. The van der Waals surface area contributed by atoms with E-state index in [4.69, 9.17) is 4.74 Å². The molecule has 9 heteroatoms. The maximum Gasteiger partial charge on any atom is 0.239 e. The van der Waals surface area contributed by atoms with Gasteiger partial charge in [-0.1, -0.05) is 0 Å². The molecule has 1 atom stereocenters. The minimum Gasteiger partial charge on any atom is -0.453 e. The summed E-state index contributed by atoms with van der Waals surface area (Å²) in [6.07, 6.45) is 1.90. The van der Waals surface area contributed by atoms with Gasteiger partial charge >= 0.3 is 0 Å². The van der Waals surface area contributed by atoms with Crippen LogP contribution in [0.3, 0.4) is 0 Å². The van der Waals surface area contributed by atoms with E-state index in [1.807, 2.05) is 11.4 Å². The lowest BCUT2D eigenvalue weighted by atomic mass is 10.1. The molecule has 166 valence electrons. The molecule has 0 saturated carbocycles. The van der Waals surface area contributed by atoms with E-state index in [-0.39, 0.29) is 17.3 Å². The van der Waals surface area contributed by atoms with Gasteiger partial charge in [-0.2, -0.15) is 0 Å². The smallest absolute Gasteiger partial charge is 0.239 e. The van der Waals surface area contributed by atoms with Crippen LogP contribution in [0.25, 0.3) is 10.2 Å². The third-order valence-electron chi connectivity index (χ3n) is 5.39.